The van der Waals surface area contributed by atoms with Crippen LogP contribution in [0.25, 0.3) is 0 Å². The van der Waals surface area contributed by atoms with Crippen molar-refractivity contribution < 1.29 is 0 Å². The van der Waals surface area contributed by atoms with E-state index in [4.69, 9.17) is 15.7 Å². The number of aromatic nitrogens is 4. The van der Waals surface area contributed by atoms with Crippen LogP contribution in [0.3, 0.4) is 0 Å². The van der Waals surface area contributed by atoms with E-state index in [0.29, 0.717) is 35.7 Å². The molecule has 3 atom stereocenters. The molecule has 5 rings (SSSR count). The number of anilines is 3. The van der Waals surface area contributed by atoms with Gasteiger partial charge in [-0.3, -0.25) is 5.10 Å². The summed E-state index contributed by atoms with van der Waals surface area (Å²) in [4.78, 5) is 11.8. The predicted molar refractivity (Wildman–Crippen MR) is 114 cm³/mol. The number of nitrogens with zero attached hydrogens (tertiary/aromatic N) is 5. The first kappa shape index (κ1) is 18.6. The average molecular weight is 400 g/mol. The van der Waals surface area contributed by atoms with Crippen LogP contribution in [-0.2, 0) is 12.8 Å². The molecule has 0 bridgehead atoms. The first-order valence-corrected chi connectivity index (χ1v) is 10.3. The van der Waals surface area contributed by atoms with Gasteiger partial charge in [-0.05, 0) is 36.0 Å². The number of rotatable bonds is 6. The summed E-state index contributed by atoms with van der Waals surface area (Å²) in [5, 5.41) is 19.8. The summed E-state index contributed by atoms with van der Waals surface area (Å²) >= 11 is 0. The number of hydrogen-bond donors (Lipinski definition) is 3. The molecule has 1 aliphatic heterocycles. The third-order valence-electron chi connectivity index (χ3n) is 6.02. The lowest BCUT2D eigenvalue weighted by Gasteiger charge is -2.20. The van der Waals surface area contributed by atoms with Crippen molar-refractivity contribution in [3.8, 4) is 6.07 Å². The van der Waals surface area contributed by atoms with Crippen molar-refractivity contribution in [2.75, 3.05) is 23.3 Å². The molecule has 8 nitrogen and oxygen atoms in total. The molecule has 1 saturated carbocycles. The van der Waals surface area contributed by atoms with E-state index in [-0.39, 0.29) is 0 Å². The van der Waals surface area contributed by atoms with Gasteiger partial charge in [0.1, 0.15) is 5.82 Å². The van der Waals surface area contributed by atoms with Crippen molar-refractivity contribution >= 4 is 17.6 Å². The molecule has 1 saturated heterocycles. The fourth-order valence-electron chi connectivity index (χ4n) is 4.21. The summed E-state index contributed by atoms with van der Waals surface area (Å²) in [6.07, 6.45) is 1.52. The SMILES string of the molecule is CCc1cc(Nc2cc(Cc3cccc(C#N)c3)nc(N3C[C@@H]4C(N)[C@@H]4C3)n2)n[nH]1. The molecule has 1 unspecified atom stereocenters. The molecule has 8 heteroatoms. The molecule has 1 aromatic carbocycles. The summed E-state index contributed by atoms with van der Waals surface area (Å²) in [6.45, 7) is 3.89. The smallest absolute Gasteiger partial charge is 0.227 e. The van der Waals surface area contributed by atoms with Crippen molar-refractivity contribution in [3.63, 3.8) is 0 Å². The zero-order valence-electron chi connectivity index (χ0n) is 16.8. The van der Waals surface area contributed by atoms with E-state index < -0.39 is 0 Å². The van der Waals surface area contributed by atoms with E-state index in [9.17, 15) is 5.26 Å². The lowest BCUT2D eigenvalue weighted by Crippen LogP contribution is -2.29. The van der Waals surface area contributed by atoms with Crippen molar-refractivity contribution in [3.05, 3.63) is 58.9 Å². The minimum Gasteiger partial charge on any atom is -0.340 e. The highest BCUT2D eigenvalue weighted by molar-refractivity contribution is 5.55. The Morgan fingerprint density at radius 1 is 1.20 bits per heavy atom. The minimum absolute atomic E-state index is 0.326. The molecule has 2 aromatic heterocycles. The zero-order chi connectivity index (χ0) is 20.7. The van der Waals surface area contributed by atoms with E-state index in [1.165, 1.54) is 0 Å². The number of nitrogens with one attached hydrogen (secondary N) is 2. The van der Waals surface area contributed by atoms with E-state index in [1.54, 1.807) is 0 Å². The third kappa shape index (κ3) is 3.60. The summed E-state index contributed by atoms with van der Waals surface area (Å²) in [6, 6.07) is 14.1. The number of nitriles is 1. The van der Waals surface area contributed by atoms with Crippen molar-refractivity contribution in [1.82, 2.24) is 20.2 Å². The molecule has 0 spiro atoms. The van der Waals surface area contributed by atoms with Gasteiger partial charge in [0.05, 0.1) is 17.3 Å². The number of aromatic amines is 1. The van der Waals surface area contributed by atoms with E-state index in [0.717, 1.165) is 48.2 Å². The molecule has 1 aliphatic carbocycles. The van der Waals surface area contributed by atoms with Gasteiger partial charge < -0.3 is 16.0 Å². The molecule has 4 N–H and O–H groups in total. The highest BCUT2D eigenvalue weighted by atomic mass is 15.3. The minimum atomic E-state index is 0.326. The number of aryl methyl sites for hydroxylation is 1. The van der Waals surface area contributed by atoms with Crippen LogP contribution in [0.4, 0.5) is 17.6 Å². The second-order valence-corrected chi connectivity index (χ2v) is 8.10. The largest absolute Gasteiger partial charge is 0.340 e. The van der Waals surface area contributed by atoms with Gasteiger partial charge in [0.2, 0.25) is 5.95 Å². The quantitative estimate of drug-likeness (QED) is 0.581. The highest BCUT2D eigenvalue weighted by Crippen LogP contribution is 2.44. The summed E-state index contributed by atoms with van der Waals surface area (Å²) in [5.41, 5.74) is 9.76. The molecule has 3 heterocycles. The predicted octanol–water partition coefficient (Wildman–Crippen LogP) is 2.36. The maximum Gasteiger partial charge on any atom is 0.227 e. The van der Waals surface area contributed by atoms with Gasteiger partial charge in [0.25, 0.3) is 0 Å². The highest BCUT2D eigenvalue weighted by Gasteiger charge is 2.54. The topological polar surface area (TPSA) is 120 Å². The Kier molecular flexibility index (Phi) is 4.60. The fraction of sp³-hybridized carbons (Fsp3) is 0.364. The number of H-pyrrole nitrogens is 1. The van der Waals surface area contributed by atoms with E-state index in [2.05, 4.69) is 33.4 Å². The Labute approximate surface area is 175 Å². The van der Waals surface area contributed by atoms with Crippen LogP contribution < -0.4 is 16.0 Å². The zero-order valence-corrected chi connectivity index (χ0v) is 16.8. The van der Waals surface area contributed by atoms with Gasteiger partial charge in [-0.1, -0.05) is 19.1 Å². The van der Waals surface area contributed by atoms with Gasteiger partial charge in [-0.15, -0.1) is 0 Å². The number of fused-ring (bicyclic) bond motifs is 1. The normalized spacial score (nSPS) is 21.9. The van der Waals surface area contributed by atoms with Crippen molar-refractivity contribution in [1.29, 1.82) is 5.26 Å². The number of hydrogen-bond acceptors (Lipinski definition) is 7. The molecule has 3 aromatic rings. The fourth-order valence-corrected chi connectivity index (χ4v) is 4.21. The van der Waals surface area contributed by atoms with Crippen LogP contribution in [-0.4, -0.2) is 39.3 Å². The molecule has 30 heavy (non-hydrogen) atoms. The van der Waals surface area contributed by atoms with Gasteiger partial charge >= 0.3 is 0 Å². The number of nitrogens with two attached hydrogens (primary N) is 1. The van der Waals surface area contributed by atoms with Gasteiger partial charge in [0, 0.05) is 43.4 Å². The lowest BCUT2D eigenvalue weighted by molar-refractivity contribution is 0.723. The van der Waals surface area contributed by atoms with E-state index >= 15 is 0 Å². The van der Waals surface area contributed by atoms with Crippen LogP contribution in [0.1, 0.15) is 29.4 Å². The molecule has 2 aliphatic rings. The Balaban J connectivity index is 1.44. The Morgan fingerprint density at radius 3 is 2.77 bits per heavy atom. The average Bonchev–Trinajstić information content (AvgIpc) is 3.14. The monoisotopic (exact) mass is 400 g/mol. The number of piperidine rings is 1. The van der Waals surface area contributed by atoms with Crippen molar-refractivity contribution in [2.45, 2.75) is 25.8 Å². The molecule has 0 amide bonds. The maximum atomic E-state index is 9.18. The first-order chi connectivity index (χ1) is 14.6. The Hall–Kier alpha value is -3.44. The van der Waals surface area contributed by atoms with Crippen LogP contribution in [0.5, 0.6) is 0 Å². The molecule has 2 fully saturated rings. The molecule has 0 radical (unpaired) electrons. The second-order valence-electron chi connectivity index (χ2n) is 8.10. The van der Waals surface area contributed by atoms with Gasteiger partial charge in [0.15, 0.2) is 5.82 Å². The van der Waals surface area contributed by atoms with Gasteiger partial charge in [-0.2, -0.15) is 15.3 Å². The van der Waals surface area contributed by atoms with E-state index in [1.807, 2.05) is 36.4 Å². The maximum absolute atomic E-state index is 9.18. The summed E-state index contributed by atoms with van der Waals surface area (Å²) < 4.78 is 0. The second kappa shape index (κ2) is 7.43. The van der Waals surface area contributed by atoms with Crippen LogP contribution in [0.15, 0.2) is 36.4 Å². The Bertz CT molecular complexity index is 1100. The van der Waals surface area contributed by atoms with Crippen molar-refractivity contribution in [2.24, 2.45) is 17.6 Å². The van der Waals surface area contributed by atoms with Gasteiger partial charge in [-0.25, -0.2) is 4.98 Å². The summed E-state index contributed by atoms with van der Waals surface area (Å²) in [5.74, 6) is 3.28. The van der Waals surface area contributed by atoms with Crippen LogP contribution >= 0.6 is 0 Å². The van der Waals surface area contributed by atoms with Crippen LogP contribution in [0.2, 0.25) is 0 Å². The Morgan fingerprint density at radius 2 is 2.03 bits per heavy atom. The summed E-state index contributed by atoms with van der Waals surface area (Å²) in [7, 11) is 0. The lowest BCUT2D eigenvalue weighted by atomic mass is 10.1. The number of benzene rings is 1. The van der Waals surface area contributed by atoms with Crippen LogP contribution in [0, 0.1) is 23.2 Å². The molecular formula is C22H24N8. The molecular weight excluding hydrogens is 376 g/mol. The first-order valence-electron chi connectivity index (χ1n) is 10.3. The third-order valence-corrected chi connectivity index (χ3v) is 6.02. The molecule has 152 valence electrons. The standard InChI is InChI=1S/C22H24N8/c1-2-15-8-20(29-28-15)26-19-9-16(7-13-4-3-5-14(6-13)10-23)25-22(27-19)30-11-17-18(12-30)21(17)24/h3-6,8-9,17-18,21H,2,7,11-12,24H2,1H3,(H2,25,26,27,28,29)/t17-,18+,21?.